The number of rotatable bonds is 5. The van der Waals surface area contributed by atoms with Crippen molar-refractivity contribution in [3.05, 3.63) is 66.0 Å². The number of urea groups is 1. The molecule has 3 N–H and O–H groups in total. The molecule has 0 aliphatic carbocycles. The third kappa shape index (κ3) is 5.40. The molecular weight excluding hydrogens is 331 g/mol. The normalized spacial score (nSPS) is 11.3. The molecule has 0 radical (unpaired) electrons. The maximum absolute atomic E-state index is 13.4. The highest BCUT2D eigenvalue weighted by atomic mass is 19.1. The lowest BCUT2D eigenvalue weighted by molar-refractivity contribution is -0.157. The molecule has 0 saturated carbocycles. The molecule has 2 aromatic rings. The SMILES string of the molecule is O=C(COC(=O)[C@H](O)c1ccccc1)NC(=O)Nc1ccccc1F. The van der Waals surface area contributed by atoms with Crippen LogP contribution in [0.5, 0.6) is 0 Å². The Hall–Kier alpha value is -3.26. The van der Waals surface area contributed by atoms with E-state index < -0.39 is 36.4 Å². The van der Waals surface area contributed by atoms with E-state index >= 15 is 0 Å². The van der Waals surface area contributed by atoms with Crippen LogP contribution in [0.25, 0.3) is 0 Å². The number of imide groups is 1. The van der Waals surface area contributed by atoms with Crippen molar-refractivity contribution in [3.63, 3.8) is 0 Å². The number of benzene rings is 2. The number of halogens is 1. The number of hydrogen-bond acceptors (Lipinski definition) is 5. The van der Waals surface area contributed by atoms with Crippen LogP contribution in [-0.4, -0.2) is 29.6 Å². The van der Waals surface area contributed by atoms with E-state index in [2.05, 4.69) is 10.1 Å². The van der Waals surface area contributed by atoms with Gasteiger partial charge in [-0.2, -0.15) is 0 Å². The summed E-state index contributed by atoms with van der Waals surface area (Å²) in [5.74, 6) is -2.62. The Bertz CT molecular complexity index is 767. The first-order chi connectivity index (χ1) is 12.0. The highest BCUT2D eigenvalue weighted by molar-refractivity contribution is 6.02. The first-order valence-electron chi connectivity index (χ1n) is 7.22. The minimum Gasteiger partial charge on any atom is -0.453 e. The molecule has 8 heteroatoms. The zero-order chi connectivity index (χ0) is 18.2. The number of ether oxygens (including phenoxy) is 1. The Balaban J connectivity index is 1.79. The van der Waals surface area contributed by atoms with E-state index in [0.717, 1.165) is 6.07 Å². The zero-order valence-corrected chi connectivity index (χ0v) is 12.9. The second kappa shape index (κ2) is 8.55. The highest BCUT2D eigenvalue weighted by Gasteiger charge is 2.20. The lowest BCUT2D eigenvalue weighted by Crippen LogP contribution is -2.37. The van der Waals surface area contributed by atoms with E-state index in [4.69, 9.17) is 0 Å². The Morgan fingerprint density at radius 1 is 1.04 bits per heavy atom. The monoisotopic (exact) mass is 346 g/mol. The van der Waals surface area contributed by atoms with Crippen molar-refractivity contribution >= 4 is 23.6 Å². The number of aliphatic hydroxyl groups excluding tert-OH is 1. The molecule has 2 aromatic carbocycles. The van der Waals surface area contributed by atoms with E-state index in [1.807, 2.05) is 5.32 Å². The number of anilines is 1. The number of carbonyl (C=O) groups excluding carboxylic acids is 3. The van der Waals surface area contributed by atoms with Crippen LogP contribution in [0.15, 0.2) is 54.6 Å². The molecule has 130 valence electrons. The van der Waals surface area contributed by atoms with Crippen molar-refractivity contribution in [1.29, 1.82) is 0 Å². The van der Waals surface area contributed by atoms with Crippen LogP contribution in [0.1, 0.15) is 11.7 Å². The van der Waals surface area contributed by atoms with Gasteiger partial charge in [-0.15, -0.1) is 0 Å². The minimum absolute atomic E-state index is 0.107. The van der Waals surface area contributed by atoms with Gasteiger partial charge in [0, 0.05) is 0 Å². The second-order valence-electron chi connectivity index (χ2n) is 4.90. The Labute approximate surface area is 142 Å². The quantitative estimate of drug-likeness (QED) is 0.716. The predicted octanol–water partition coefficient (Wildman–Crippen LogP) is 1.75. The van der Waals surface area contributed by atoms with Gasteiger partial charge in [-0.25, -0.2) is 14.0 Å². The van der Waals surface area contributed by atoms with Crippen molar-refractivity contribution in [1.82, 2.24) is 5.32 Å². The van der Waals surface area contributed by atoms with Crippen LogP contribution in [0.4, 0.5) is 14.9 Å². The fraction of sp³-hybridized carbons (Fsp3) is 0.118. The molecule has 0 spiro atoms. The lowest BCUT2D eigenvalue weighted by Gasteiger charge is -2.11. The van der Waals surface area contributed by atoms with E-state index in [0.29, 0.717) is 5.56 Å². The van der Waals surface area contributed by atoms with Gasteiger partial charge < -0.3 is 15.2 Å². The largest absolute Gasteiger partial charge is 0.453 e. The molecule has 2 rings (SSSR count). The van der Waals surface area contributed by atoms with Crippen molar-refractivity contribution in [2.24, 2.45) is 0 Å². The van der Waals surface area contributed by atoms with Gasteiger partial charge in [0.15, 0.2) is 12.7 Å². The van der Waals surface area contributed by atoms with Gasteiger partial charge in [0.2, 0.25) is 0 Å². The van der Waals surface area contributed by atoms with Gasteiger partial charge in [0.1, 0.15) is 5.82 Å². The summed E-state index contributed by atoms with van der Waals surface area (Å²) in [6, 6.07) is 12.4. The van der Waals surface area contributed by atoms with Crippen LogP contribution in [0.2, 0.25) is 0 Å². The van der Waals surface area contributed by atoms with E-state index in [1.165, 1.54) is 30.3 Å². The molecule has 7 nitrogen and oxygen atoms in total. The molecule has 0 aliphatic rings. The number of hydrogen-bond donors (Lipinski definition) is 3. The molecule has 0 bridgehead atoms. The molecule has 0 unspecified atom stereocenters. The van der Waals surface area contributed by atoms with Gasteiger partial charge in [0.05, 0.1) is 5.69 Å². The predicted molar refractivity (Wildman–Crippen MR) is 85.9 cm³/mol. The van der Waals surface area contributed by atoms with Crippen molar-refractivity contribution < 1.29 is 28.6 Å². The van der Waals surface area contributed by atoms with Crippen molar-refractivity contribution in [2.75, 3.05) is 11.9 Å². The third-order valence-electron chi connectivity index (χ3n) is 3.06. The summed E-state index contributed by atoms with van der Waals surface area (Å²) >= 11 is 0. The smallest absolute Gasteiger partial charge is 0.340 e. The maximum atomic E-state index is 13.4. The first kappa shape index (κ1) is 18.1. The zero-order valence-electron chi connectivity index (χ0n) is 12.9. The van der Waals surface area contributed by atoms with Gasteiger partial charge in [-0.05, 0) is 17.7 Å². The number of para-hydroxylation sites is 1. The van der Waals surface area contributed by atoms with E-state index in [9.17, 15) is 23.9 Å². The van der Waals surface area contributed by atoms with E-state index in [1.54, 1.807) is 18.2 Å². The van der Waals surface area contributed by atoms with Crippen LogP contribution in [-0.2, 0) is 14.3 Å². The Morgan fingerprint density at radius 2 is 1.68 bits per heavy atom. The molecule has 3 amide bonds. The highest BCUT2D eigenvalue weighted by Crippen LogP contribution is 2.13. The summed E-state index contributed by atoms with van der Waals surface area (Å²) in [6.07, 6.45) is -1.54. The molecule has 0 saturated heterocycles. The fourth-order valence-corrected chi connectivity index (χ4v) is 1.87. The number of carbonyl (C=O) groups is 3. The van der Waals surface area contributed by atoms with Gasteiger partial charge in [-0.1, -0.05) is 42.5 Å². The summed E-state index contributed by atoms with van der Waals surface area (Å²) in [6.45, 7) is -0.770. The van der Waals surface area contributed by atoms with Crippen LogP contribution in [0.3, 0.4) is 0 Å². The fourth-order valence-electron chi connectivity index (χ4n) is 1.87. The average molecular weight is 346 g/mol. The molecule has 0 aromatic heterocycles. The van der Waals surface area contributed by atoms with Crippen molar-refractivity contribution in [2.45, 2.75) is 6.10 Å². The molecule has 0 aliphatic heterocycles. The molecule has 0 fully saturated rings. The third-order valence-corrected chi connectivity index (χ3v) is 3.06. The molecular formula is C17H15FN2O5. The molecule has 1 atom stereocenters. The maximum Gasteiger partial charge on any atom is 0.340 e. The summed E-state index contributed by atoms with van der Waals surface area (Å²) in [7, 11) is 0. The summed E-state index contributed by atoms with van der Waals surface area (Å²) in [4.78, 5) is 34.8. The van der Waals surface area contributed by atoms with Crippen LogP contribution in [0, 0.1) is 5.82 Å². The Kier molecular flexibility index (Phi) is 6.19. The lowest BCUT2D eigenvalue weighted by atomic mass is 10.1. The van der Waals surface area contributed by atoms with Gasteiger partial charge in [0.25, 0.3) is 5.91 Å². The Morgan fingerprint density at radius 3 is 2.36 bits per heavy atom. The summed E-state index contributed by atoms with van der Waals surface area (Å²) in [5.41, 5.74) is 0.203. The molecule has 25 heavy (non-hydrogen) atoms. The number of esters is 1. The van der Waals surface area contributed by atoms with Gasteiger partial charge in [-0.3, -0.25) is 10.1 Å². The average Bonchev–Trinajstić information content (AvgIpc) is 2.61. The topological polar surface area (TPSA) is 105 Å². The van der Waals surface area contributed by atoms with Crippen molar-refractivity contribution in [3.8, 4) is 0 Å². The number of aliphatic hydroxyl groups is 1. The number of nitrogens with one attached hydrogen (secondary N) is 2. The standard InChI is InChI=1S/C17H15FN2O5/c18-12-8-4-5-9-13(12)19-17(24)20-14(21)10-25-16(23)15(22)11-6-2-1-3-7-11/h1-9,15,22H,10H2,(H2,19,20,21,24)/t15-/m1/s1. The van der Waals surface area contributed by atoms with E-state index in [-0.39, 0.29) is 5.69 Å². The second-order valence-corrected chi connectivity index (χ2v) is 4.90. The first-order valence-corrected chi connectivity index (χ1v) is 7.22. The number of amides is 3. The minimum atomic E-state index is -1.54. The summed E-state index contributed by atoms with van der Waals surface area (Å²) in [5, 5.41) is 13.8. The van der Waals surface area contributed by atoms with Gasteiger partial charge >= 0.3 is 12.0 Å². The van der Waals surface area contributed by atoms with Crippen LogP contribution >= 0.6 is 0 Å². The summed E-state index contributed by atoms with van der Waals surface area (Å²) < 4.78 is 18.0. The van der Waals surface area contributed by atoms with Crippen LogP contribution < -0.4 is 10.6 Å². The molecule has 0 heterocycles.